The lowest BCUT2D eigenvalue weighted by Gasteiger charge is -2.34. The summed E-state index contributed by atoms with van der Waals surface area (Å²) in [7, 11) is 0. The average molecular weight is 283 g/mol. The summed E-state index contributed by atoms with van der Waals surface area (Å²) in [6.45, 7) is 6.24. The lowest BCUT2D eigenvalue weighted by Crippen LogP contribution is -2.51. The summed E-state index contributed by atoms with van der Waals surface area (Å²) in [4.78, 5) is 11.9. The molecule has 19 heavy (non-hydrogen) atoms. The molecule has 1 amide bonds. The summed E-state index contributed by atoms with van der Waals surface area (Å²) < 4.78 is 0. The van der Waals surface area contributed by atoms with Crippen molar-refractivity contribution >= 4 is 23.2 Å². The second kappa shape index (κ2) is 6.80. The standard InChI is InChI=1S/C15H23ClN2O/c1-4-11(3)10-15(5-2,14(17)19)18-13-8-6-12(16)7-9-13/h6-9,11,18H,4-5,10H2,1-3H3,(H2,17,19). The Bertz CT molecular complexity index is 419. The highest BCUT2D eigenvalue weighted by Gasteiger charge is 2.35. The first-order valence-corrected chi connectivity index (χ1v) is 7.15. The average Bonchev–Trinajstić information content (AvgIpc) is 2.40. The number of rotatable bonds is 7. The molecule has 0 bridgehead atoms. The number of carbonyl (C=O) groups is 1. The molecule has 0 spiro atoms. The summed E-state index contributed by atoms with van der Waals surface area (Å²) in [5.74, 6) is 0.137. The van der Waals surface area contributed by atoms with Gasteiger partial charge in [0.05, 0.1) is 0 Å². The minimum atomic E-state index is -0.691. The maximum Gasteiger partial charge on any atom is 0.243 e. The Balaban J connectivity index is 2.96. The maximum absolute atomic E-state index is 11.9. The number of nitrogens with one attached hydrogen (secondary N) is 1. The summed E-state index contributed by atoms with van der Waals surface area (Å²) in [5, 5.41) is 3.98. The summed E-state index contributed by atoms with van der Waals surface area (Å²) in [6.07, 6.45) is 2.42. The molecule has 2 atom stereocenters. The van der Waals surface area contributed by atoms with Gasteiger partial charge < -0.3 is 11.1 Å². The zero-order valence-corrected chi connectivity index (χ0v) is 12.6. The van der Waals surface area contributed by atoms with Crippen LogP contribution >= 0.6 is 11.6 Å². The fourth-order valence-electron chi connectivity index (χ4n) is 2.17. The summed E-state index contributed by atoms with van der Waals surface area (Å²) in [6, 6.07) is 7.34. The molecule has 0 saturated carbocycles. The fourth-order valence-corrected chi connectivity index (χ4v) is 2.29. The predicted octanol–water partition coefficient (Wildman–Crippen LogP) is 3.82. The van der Waals surface area contributed by atoms with Crippen LogP contribution < -0.4 is 11.1 Å². The van der Waals surface area contributed by atoms with Gasteiger partial charge in [0.1, 0.15) is 5.54 Å². The molecule has 3 nitrogen and oxygen atoms in total. The Morgan fingerprint density at radius 3 is 2.37 bits per heavy atom. The van der Waals surface area contributed by atoms with Crippen molar-refractivity contribution < 1.29 is 4.79 Å². The molecule has 1 rings (SSSR count). The van der Waals surface area contributed by atoms with Crippen molar-refractivity contribution in [1.29, 1.82) is 0 Å². The van der Waals surface area contributed by atoms with Gasteiger partial charge in [0, 0.05) is 10.7 Å². The van der Waals surface area contributed by atoms with E-state index in [-0.39, 0.29) is 5.91 Å². The molecule has 0 aromatic heterocycles. The van der Waals surface area contributed by atoms with Gasteiger partial charge in [-0.05, 0) is 43.0 Å². The van der Waals surface area contributed by atoms with Gasteiger partial charge in [0.2, 0.25) is 5.91 Å². The lowest BCUT2D eigenvalue weighted by atomic mass is 9.83. The highest BCUT2D eigenvalue weighted by atomic mass is 35.5. The number of halogens is 1. The van der Waals surface area contributed by atoms with Crippen molar-refractivity contribution in [2.24, 2.45) is 11.7 Å². The van der Waals surface area contributed by atoms with E-state index in [0.717, 1.165) is 18.5 Å². The van der Waals surface area contributed by atoms with Crippen LogP contribution in [0.3, 0.4) is 0 Å². The number of primary amides is 1. The third kappa shape index (κ3) is 4.13. The van der Waals surface area contributed by atoms with E-state index in [4.69, 9.17) is 17.3 Å². The molecule has 1 aromatic rings. The van der Waals surface area contributed by atoms with Crippen LogP contribution in [0.15, 0.2) is 24.3 Å². The van der Waals surface area contributed by atoms with Gasteiger partial charge in [-0.2, -0.15) is 0 Å². The van der Waals surface area contributed by atoms with Crippen LogP contribution in [0, 0.1) is 5.92 Å². The second-order valence-electron chi connectivity index (χ2n) is 5.15. The third-order valence-electron chi connectivity index (χ3n) is 3.70. The second-order valence-corrected chi connectivity index (χ2v) is 5.59. The largest absolute Gasteiger partial charge is 0.371 e. The van der Waals surface area contributed by atoms with Crippen LogP contribution in [0.5, 0.6) is 0 Å². The van der Waals surface area contributed by atoms with Crippen LogP contribution in [-0.2, 0) is 4.79 Å². The van der Waals surface area contributed by atoms with Crippen LogP contribution in [0.4, 0.5) is 5.69 Å². The molecule has 0 aliphatic rings. The van der Waals surface area contributed by atoms with E-state index in [0.29, 0.717) is 17.4 Å². The van der Waals surface area contributed by atoms with Crippen LogP contribution in [0.1, 0.15) is 40.0 Å². The van der Waals surface area contributed by atoms with Crippen LogP contribution in [0.2, 0.25) is 5.02 Å². The van der Waals surface area contributed by atoms with E-state index in [9.17, 15) is 4.79 Å². The molecule has 2 unspecified atom stereocenters. The highest BCUT2D eigenvalue weighted by molar-refractivity contribution is 6.30. The third-order valence-corrected chi connectivity index (χ3v) is 3.95. The molecular weight excluding hydrogens is 260 g/mol. The number of hydrogen-bond donors (Lipinski definition) is 2. The molecule has 0 radical (unpaired) electrons. The number of anilines is 1. The molecule has 0 fully saturated rings. The van der Waals surface area contributed by atoms with Gasteiger partial charge in [-0.3, -0.25) is 4.79 Å². The Labute approximate surface area is 120 Å². The molecule has 3 N–H and O–H groups in total. The van der Waals surface area contributed by atoms with Crippen LogP contribution in [-0.4, -0.2) is 11.4 Å². The van der Waals surface area contributed by atoms with Gasteiger partial charge in [0.15, 0.2) is 0 Å². The van der Waals surface area contributed by atoms with Crippen LogP contribution in [0.25, 0.3) is 0 Å². The number of hydrogen-bond acceptors (Lipinski definition) is 2. The van der Waals surface area contributed by atoms with Crippen molar-refractivity contribution in [3.05, 3.63) is 29.3 Å². The maximum atomic E-state index is 11.9. The van der Waals surface area contributed by atoms with Gasteiger partial charge in [-0.1, -0.05) is 38.8 Å². The van der Waals surface area contributed by atoms with E-state index in [1.165, 1.54) is 0 Å². The summed E-state index contributed by atoms with van der Waals surface area (Å²) >= 11 is 5.87. The molecule has 106 valence electrons. The van der Waals surface area contributed by atoms with E-state index in [1.54, 1.807) is 12.1 Å². The first kappa shape index (κ1) is 15.8. The monoisotopic (exact) mass is 282 g/mol. The SMILES string of the molecule is CCC(C)CC(CC)(Nc1ccc(Cl)cc1)C(N)=O. The molecule has 0 aliphatic heterocycles. The number of amides is 1. The molecular formula is C15H23ClN2O. The van der Waals surface area contributed by atoms with Crippen molar-refractivity contribution in [2.45, 2.75) is 45.6 Å². The molecule has 0 aliphatic carbocycles. The lowest BCUT2D eigenvalue weighted by molar-refractivity contribution is -0.123. The van der Waals surface area contributed by atoms with Crippen molar-refractivity contribution in [2.75, 3.05) is 5.32 Å². The van der Waals surface area contributed by atoms with Crippen molar-refractivity contribution in [3.8, 4) is 0 Å². The minimum Gasteiger partial charge on any atom is -0.371 e. The Morgan fingerprint density at radius 2 is 1.95 bits per heavy atom. The molecule has 1 aromatic carbocycles. The molecule has 0 heterocycles. The topological polar surface area (TPSA) is 55.1 Å². The van der Waals surface area contributed by atoms with Gasteiger partial charge in [-0.15, -0.1) is 0 Å². The highest BCUT2D eigenvalue weighted by Crippen LogP contribution is 2.28. The minimum absolute atomic E-state index is 0.301. The normalized spacial score (nSPS) is 15.6. The van der Waals surface area contributed by atoms with E-state index < -0.39 is 5.54 Å². The predicted molar refractivity (Wildman–Crippen MR) is 81.4 cm³/mol. The smallest absolute Gasteiger partial charge is 0.243 e. The first-order chi connectivity index (χ1) is 8.93. The Kier molecular flexibility index (Phi) is 5.67. The number of benzene rings is 1. The van der Waals surface area contributed by atoms with E-state index >= 15 is 0 Å². The van der Waals surface area contributed by atoms with Gasteiger partial charge in [-0.25, -0.2) is 0 Å². The quantitative estimate of drug-likeness (QED) is 0.799. The Morgan fingerprint density at radius 1 is 1.37 bits per heavy atom. The molecule has 0 saturated heterocycles. The zero-order chi connectivity index (χ0) is 14.5. The van der Waals surface area contributed by atoms with Gasteiger partial charge in [0.25, 0.3) is 0 Å². The number of carbonyl (C=O) groups excluding carboxylic acids is 1. The summed E-state index contributed by atoms with van der Waals surface area (Å²) in [5.41, 5.74) is 5.81. The number of nitrogens with two attached hydrogens (primary N) is 1. The zero-order valence-electron chi connectivity index (χ0n) is 11.9. The molecule has 4 heteroatoms. The van der Waals surface area contributed by atoms with Gasteiger partial charge >= 0.3 is 0 Å². The van der Waals surface area contributed by atoms with E-state index in [2.05, 4.69) is 19.2 Å². The van der Waals surface area contributed by atoms with Crippen molar-refractivity contribution in [1.82, 2.24) is 0 Å². The van der Waals surface area contributed by atoms with Crippen molar-refractivity contribution in [3.63, 3.8) is 0 Å². The fraction of sp³-hybridized carbons (Fsp3) is 0.533. The van der Waals surface area contributed by atoms with E-state index in [1.807, 2.05) is 19.1 Å². The Hall–Kier alpha value is -1.22. The first-order valence-electron chi connectivity index (χ1n) is 6.77.